The third-order valence-electron chi connectivity index (χ3n) is 3.39. The summed E-state index contributed by atoms with van der Waals surface area (Å²) in [4.78, 5) is 2.36. The van der Waals surface area contributed by atoms with E-state index >= 15 is 0 Å². The van der Waals surface area contributed by atoms with Crippen LogP contribution in [0.3, 0.4) is 0 Å². The van der Waals surface area contributed by atoms with Crippen molar-refractivity contribution in [2.24, 2.45) is 0 Å². The van der Waals surface area contributed by atoms with Crippen LogP contribution in [0.15, 0.2) is 18.2 Å². The predicted molar refractivity (Wildman–Crippen MR) is 84.5 cm³/mol. The first-order valence-electron chi connectivity index (χ1n) is 7.12. The van der Waals surface area contributed by atoms with Crippen LogP contribution < -0.4 is 10.2 Å². The van der Waals surface area contributed by atoms with E-state index in [0.29, 0.717) is 19.3 Å². The number of benzene rings is 1. The number of hydrogen-bond acceptors (Lipinski definition) is 4. The fraction of sp³-hybridized carbons (Fsp3) is 0.625. The molecule has 20 heavy (non-hydrogen) atoms. The highest BCUT2D eigenvalue weighted by atomic mass is 16.5. The van der Waals surface area contributed by atoms with Crippen LogP contribution in [0, 0.1) is 6.92 Å². The highest BCUT2D eigenvalue weighted by Gasteiger charge is 2.17. The lowest BCUT2D eigenvalue weighted by molar-refractivity contribution is 0.171. The summed E-state index contributed by atoms with van der Waals surface area (Å²) in [6, 6.07) is 6.91. The number of rotatable bonds is 9. The second kappa shape index (κ2) is 8.95. The SMILES string of the molecule is CNCc1cc(C)ccc1N(CCOC)C(C)COC. The van der Waals surface area contributed by atoms with Crippen molar-refractivity contribution >= 4 is 5.69 Å². The van der Waals surface area contributed by atoms with Gasteiger partial charge in [-0.2, -0.15) is 0 Å². The minimum Gasteiger partial charge on any atom is -0.383 e. The summed E-state index contributed by atoms with van der Waals surface area (Å²) in [6.07, 6.45) is 0. The lowest BCUT2D eigenvalue weighted by Gasteiger charge is -2.32. The summed E-state index contributed by atoms with van der Waals surface area (Å²) in [5.41, 5.74) is 3.85. The lowest BCUT2D eigenvalue weighted by atomic mass is 10.1. The quantitative estimate of drug-likeness (QED) is 0.752. The van der Waals surface area contributed by atoms with Gasteiger partial charge in [-0.05, 0) is 32.5 Å². The number of aryl methyl sites for hydroxylation is 1. The number of nitrogens with one attached hydrogen (secondary N) is 1. The Hall–Kier alpha value is -1.10. The van der Waals surface area contributed by atoms with Crippen LogP contribution in [0.2, 0.25) is 0 Å². The van der Waals surface area contributed by atoms with Crippen molar-refractivity contribution in [1.29, 1.82) is 0 Å². The van der Waals surface area contributed by atoms with Crippen LogP contribution in [0.25, 0.3) is 0 Å². The first-order valence-corrected chi connectivity index (χ1v) is 7.12. The first kappa shape index (κ1) is 17.0. The molecule has 1 aromatic rings. The van der Waals surface area contributed by atoms with E-state index in [2.05, 4.69) is 42.3 Å². The molecule has 0 saturated carbocycles. The standard InChI is InChI=1S/C16H28N2O2/c1-13-6-7-16(15(10-13)11-17-3)18(8-9-19-4)14(2)12-20-5/h6-7,10,14,17H,8-9,11-12H2,1-5H3. The molecule has 0 amide bonds. The third-order valence-corrected chi connectivity index (χ3v) is 3.39. The van der Waals surface area contributed by atoms with E-state index in [1.165, 1.54) is 16.8 Å². The topological polar surface area (TPSA) is 33.7 Å². The van der Waals surface area contributed by atoms with Crippen molar-refractivity contribution in [3.05, 3.63) is 29.3 Å². The average molecular weight is 280 g/mol. The van der Waals surface area contributed by atoms with E-state index in [1.54, 1.807) is 14.2 Å². The van der Waals surface area contributed by atoms with Gasteiger partial charge < -0.3 is 19.7 Å². The fourth-order valence-corrected chi connectivity index (χ4v) is 2.43. The second-order valence-electron chi connectivity index (χ2n) is 5.15. The largest absolute Gasteiger partial charge is 0.383 e. The summed E-state index contributed by atoms with van der Waals surface area (Å²) in [7, 11) is 5.46. The van der Waals surface area contributed by atoms with Gasteiger partial charge in [0.15, 0.2) is 0 Å². The maximum Gasteiger partial charge on any atom is 0.0663 e. The van der Waals surface area contributed by atoms with Crippen LogP contribution in [-0.4, -0.2) is 47.1 Å². The summed E-state index contributed by atoms with van der Waals surface area (Å²) in [5.74, 6) is 0. The number of ether oxygens (including phenoxy) is 2. The maximum atomic E-state index is 5.31. The van der Waals surface area contributed by atoms with Gasteiger partial charge in [0, 0.05) is 39.0 Å². The summed E-state index contributed by atoms with van der Waals surface area (Å²) < 4.78 is 10.6. The van der Waals surface area contributed by atoms with Crippen LogP contribution in [0.4, 0.5) is 5.69 Å². The van der Waals surface area contributed by atoms with Crippen molar-refractivity contribution < 1.29 is 9.47 Å². The van der Waals surface area contributed by atoms with Crippen LogP contribution in [0.1, 0.15) is 18.1 Å². The zero-order chi connectivity index (χ0) is 15.0. The molecule has 0 heterocycles. The van der Waals surface area contributed by atoms with Crippen LogP contribution >= 0.6 is 0 Å². The smallest absolute Gasteiger partial charge is 0.0663 e. The molecule has 0 bridgehead atoms. The highest BCUT2D eigenvalue weighted by Crippen LogP contribution is 2.24. The molecule has 4 nitrogen and oxygen atoms in total. The first-order chi connectivity index (χ1) is 9.63. The Bertz CT molecular complexity index is 396. The summed E-state index contributed by atoms with van der Waals surface area (Å²) >= 11 is 0. The third kappa shape index (κ3) is 4.78. The number of nitrogens with zero attached hydrogens (tertiary/aromatic N) is 1. The van der Waals surface area contributed by atoms with E-state index in [9.17, 15) is 0 Å². The van der Waals surface area contributed by atoms with E-state index in [1.807, 2.05) is 7.05 Å². The molecule has 1 aromatic carbocycles. The van der Waals surface area contributed by atoms with Gasteiger partial charge in [-0.3, -0.25) is 0 Å². The monoisotopic (exact) mass is 280 g/mol. The maximum absolute atomic E-state index is 5.31. The number of methoxy groups -OCH3 is 2. The Morgan fingerprint density at radius 2 is 2.00 bits per heavy atom. The van der Waals surface area contributed by atoms with Crippen molar-refractivity contribution in [3.63, 3.8) is 0 Å². The molecule has 0 aliphatic carbocycles. The van der Waals surface area contributed by atoms with Crippen molar-refractivity contribution in [1.82, 2.24) is 5.32 Å². The van der Waals surface area contributed by atoms with Gasteiger partial charge in [0.05, 0.1) is 13.2 Å². The molecule has 0 radical (unpaired) electrons. The Morgan fingerprint density at radius 1 is 1.25 bits per heavy atom. The molecule has 1 N–H and O–H groups in total. The molecule has 0 spiro atoms. The molecule has 114 valence electrons. The highest BCUT2D eigenvalue weighted by molar-refractivity contribution is 5.55. The molecule has 0 saturated heterocycles. The van der Waals surface area contributed by atoms with E-state index < -0.39 is 0 Å². The van der Waals surface area contributed by atoms with Crippen LogP contribution in [-0.2, 0) is 16.0 Å². The van der Waals surface area contributed by atoms with Gasteiger partial charge >= 0.3 is 0 Å². The predicted octanol–water partition coefficient (Wildman–Crippen LogP) is 2.20. The van der Waals surface area contributed by atoms with Crippen LogP contribution in [0.5, 0.6) is 0 Å². The zero-order valence-corrected chi connectivity index (χ0v) is 13.4. The second-order valence-corrected chi connectivity index (χ2v) is 5.15. The minimum atomic E-state index is 0.313. The normalized spacial score (nSPS) is 12.4. The molecular weight excluding hydrogens is 252 g/mol. The Balaban J connectivity index is 3.04. The van der Waals surface area contributed by atoms with Crippen molar-refractivity contribution in [2.45, 2.75) is 26.4 Å². The molecule has 0 aliphatic heterocycles. The molecule has 0 fully saturated rings. The number of anilines is 1. The fourth-order valence-electron chi connectivity index (χ4n) is 2.43. The average Bonchev–Trinajstić information content (AvgIpc) is 2.42. The summed E-state index contributed by atoms with van der Waals surface area (Å²) in [6.45, 7) is 7.45. The Kier molecular flexibility index (Phi) is 7.59. The van der Waals surface area contributed by atoms with E-state index in [0.717, 1.165) is 13.1 Å². The van der Waals surface area contributed by atoms with Gasteiger partial charge in [-0.1, -0.05) is 17.7 Å². The summed E-state index contributed by atoms with van der Waals surface area (Å²) in [5, 5.41) is 3.24. The van der Waals surface area contributed by atoms with Gasteiger partial charge in [0.1, 0.15) is 0 Å². The van der Waals surface area contributed by atoms with Gasteiger partial charge in [-0.25, -0.2) is 0 Å². The zero-order valence-electron chi connectivity index (χ0n) is 13.4. The molecular formula is C16H28N2O2. The van der Waals surface area contributed by atoms with E-state index in [-0.39, 0.29) is 0 Å². The molecule has 1 rings (SSSR count). The molecule has 0 aromatic heterocycles. The molecule has 1 unspecified atom stereocenters. The lowest BCUT2D eigenvalue weighted by Crippen LogP contribution is -2.39. The molecule has 1 atom stereocenters. The van der Waals surface area contributed by atoms with Gasteiger partial charge in [0.2, 0.25) is 0 Å². The van der Waals surface area contributed by atoms with Crippen molar-refractivity contribution in [3.8, 4) is 0 Å². The van der Waals surface area contributed by atoms with Gasteiger partial charge in [-0.15, -0.1) is 0 Å². The van der Waals surface area contributed by atoms with Gasteiger partial charge in [0.25, 0.3) is 0 Å². The Labute approximate surface area is 123 Å². The van der Waals surface area contributed by atoms with Crippen molar-refractivity contribution in [2.75, 3.05) is 45.9 Å². The minimum absolute atomic E-state index is 0.313. The molecule has 0 aliphatic rings. The molecule has 4 heteroatoms. The number of hydrogen-bond donors (Lipinski definition) is 1. The Morgan fingerprint density at radius 3 is 2.60 bits per heavy atom. The van der Waals surface area contributed by atoms with E-state index in [4.69, 9.17) is 9.47 Å².